The summed E-state index contributed by atoms with van der Waals surface area (Å²) in [5.74, 6) is 1.26. The minimum absolute atomic E-state index is 1.10. The van der Waals surface area contributed by atoms with Gasteiger partial charge in [0.25, 0.3) is 0 Å². The number of rotatable bonds is 9. The predicted octanol–water partition coefficient (Wildman–Crippen LogP) is 4.99. The minimum Gasteiger partial charge on any atom is -0.546 e. The highest BCUT2D eigenvalue weighted by atomic mass is 28.4. The van der Waals surface area contributed by atoms with Crippen LogP contribution in [0.2, 0.25) is 19.6 Å². The van der Waals surface area contributed by atoms with Crippen LogP contribution in [-0.4, -0.2) is 27.3 Å². The molecule has 0 heterocycles. The molecule has 0 spiro atoms. The molecule has 2 nitrogen and oxygen atoms in total. The molecule has 0 rings (SSSR count). The van der Waals surface area contributed by atoms with E-state index < -0.39 is 8.32 Å². The Hall–Kier alpha value is -0.443. The van der Waals surface area contributed by atoms with E-state index in [4.69, 9.17) is 4.43 Å². The van der Waals surface area contributed by atoms with Gasteiger partial charge >= 0.3 is 0 Å². The first-order valence-electron chi connectivity index (χ1n) is 7.40. The van der Waals surface area contributed by atoms with Gasteiger partial charge in [0, 0.05) is 26.2 Å². The molecule has 0 unspecified atom stereocenters. The Morgan fingerprint density at radius 2 is 1.44 bits per heavy atom. The van der Waals surface area contributed by atoms with Gasteiger partial charge in [0.05, 0.1) is 5.76 Å². The van der Waals surface area contributed by atoms with E-state index in [0.29, 0.717) is 0 Å². The molecule has 0 aliphatic rings. The summed E-state index contributed by atoms with van der Waals surface area (Å²) in [7, 11) is 2.78. The molecule has 0 aliphatic carbocycles. The summed E-state index contributed by atoms with van der Waals surface area (Å²) in [6.45, 7) is 11.3. The number of unbranched alkanes of at least 4 members (excludes halogenated alkanes) is 2. The standard InChI is InChI=1S/C15H33NOSi/c1-8-10-12-14(16(3)4)15(13-11-9-2)17-18(5,6)7/h8-13H2,1-7H3/b15-14+. The van der Waals surface area contributed by atoms with E-state index in [2.05, 4.69) is 52.5 Å². The predicted molar refractivity (Wildman–Crippen MR) is 84.2 cm³/mol. The fourth-order valence-electron chi connectivity index (χ4n) is 1.92. The fraction of sp³-hybridized carbons (Fsp3) is 0.867. The zero-order valence-corrected chi connectivity index (χ0v) is 14.6. The highest BCUT2D eigenvalue weighted by Crippen LogP contribution is 2.24. The van der Waals surface area contributed by atoms with Crippen LogP contribution in [-0.2, 0) is 4.43 Å². The maximum absolute atomic E-state index is 6.34. The van der Waals surface area contributed by atoms with Gasteiger partial charge in [0.2, 0.25) is 8.32 Å². The van der Waals surface area contributed by atoms with Crippen molar-refractivity contribution in [3.63, 3.8) is 0 Å². The SMILES string of the molecule is CCCC/C(O[Si](C)(C)C)=C(/CCCC)N(C)C. The second-order valence-electron chi connectivity index (χ2n) is 6.19. The lowest BCUT2D eigenvalue weighted by Crippen LogP contribution is -2.27. The molecule has 0 aliphatic heterocycles. The lowest BCUT2D eigenvalue weighted by atomic mass is 10.1. The van der Waals surface area contributed by atoms with Crippen molar-refractivity contribution in [1.29, 1.82) is 0 Å². The quantitative estimate of drug-likeness (QED) is 0.432. The first-order chi connectivity index (χ1) is 8.31. The lowest BCUT2D eigenvalue weighted by Gasteiger charge is -2.28. The van der Waals surface area contributed by atoms with E-state index in [1.54, 1.807) is 0 Å². The third-order valence-electron chi connectivity index (χ3n) is 2.82. The van der Waals surface area contributed by atoms with Crippen molar-refractivity contribution in [2.24, 2.45) is 0 Å². The molecule has 0 saturated carbocycles. The summed E-state index contributed by atoms with van der Waals surface area (Å²) in [5, 5.41) is 0. The fourth-order valence-corrected chi connectivity index (χ4v) is 2.88. The molecule has 0 aromatic heterocycles. The van der Waals surface area contributed by atoms with Crippen molar-refractivity contribution in [2.75, 3.05) is 14.1 Å². The van der Waals surface area contributed by atoms with E-state index in [1.807, 2.05) is 0 Å². The number of allylic oxidation sites excluding steroid dienone is 2. The normalized spacial score (nSPS) is 13.3. The van der Waals surface area contributed by atoms with Gasteiger partial charge in [-0.05, 0) is 38.9 Å². The average molecular weight is 272 g/mol. The van der Waals surface area contributed by atoms with E-state index in [-0.39, 0.29) is 0 Å². The van der Waals surface area contributed by atoms with Crippen LogP contribution >= 0.6 is 0 Å². The zero-order chi connectivity index (χ0) is 14.2. The average Bonchev–Trinajstić information content (AvgIpc) is 2.23. The van der Waals surface area contributed by atoms with Gasteiger partial charge in [-0.1, -0.05) is 26.7 Å². The Balaban J connectivity index is 5.00. The van der Waals surface area contributed by atoms with Gasteiger partial charge in [0.15, 0.2) is 0 Å². The minimum atomic E-state index is -1.50. The van der Waals surface area contributed by atoms with Gasteiger partial charge in [-0.3, -0.25) is 0 Å². The van der Waals surface area contributed by atoms with Crippen molar-refractivity contribution in [3.8, 4) is 0 Å². The van der Waals surface area contributed by atoms with Crippen LogP contribution in [0.3, 0.4) is 0 Å². The summed E-state index contributed by atoms with van der Waals surface area (Å²) in [4.78, 5) is 2.25. The van der Waals surface area contributed by atoms with Crippen molar-refractivity contribution < 1.29 is 4.43 Å². The number of nitrogens with zero attached hydrogens (tertiary/aromatic N) is 1. The van der Waals surface area contributed by atoms with Gasteiger partial charge in [-0.15, -0.1) is 0 Å². The molecule has 108 valence electrons. The van der Waals surface area contributed by atoms with Crippen LogP contribution in [0.25, 0.3) is 0 Å². The zero-order valence-electron chi connectivity index (χ0n) is 13.6. The van der Waals surface area contributed by atoms with Crippen molar-refractivity contribution in [1.82, 2.24) is 4.90 Å². The molecule has 0 amide bonds. The topological polar surface area (TPSA) is 12.5 Å². The Bertz CT molecular complexity index is 254. The maximum Gasteiger partial charge on any atom is 0.241 e. The van der Waals surface area contributed by atoms with Crippen LogP contribution in [0.4, 0.5) is 0 Å². The van der Waals surface area contributed by atoms with E-state index in [0.717, 1.165) is 12.8 Å². The Morgan fingerprint density at radius 1 is 0.944 bits per heavy atom. The number of hydrogen-bond acceptors (Lipinski definition) is 2. The first-order valence-corrected chi connectivity index (χ1v) is 10.8. The largest absolute Gasteiger partial charge is 0.546 e. The molecule has 0 atom stereocenters. The van der Waals surface area contributed by atoms with E-state index in [9.17, 15) is 0 Å². The Labute approximate surface area is 116 Å². The van der Waals surface area contributed by atoms with Gasteiger partial charge in [-0.2, -0.15) is 0 Å². The lowest BCUT2D eigenvalue weighted by molar-refractivity contribution is 0.346. The maximum atomic E-state index is 6.34. The smallest absolute Gasteiger partial charge is 0.241 e. The summed E-state index contributed by atoms with van der Waals surface area (Å²) >= 11 is 0. The van der Waals surface area contributed by atoms with Crippen LogP contribution in [0.15, 0.2) is 11.5 Å². The highest BCUT2D eigenvalue weighted by molar-refractivity contribution is 6.70. The second-order valence-corrected chi connectivity index (χ2v) is 10.6. The monoisotopic (exact) mass is 271 g/mol. The second kappa shape index (κ2) is 8.62. The highest BCUT2D eigenvalue weighted by Gasteiger charge is 2.20. The molecule has 0 radical (unpaired) electrons. The van der Waals surface area contributed by atoms with Crippen molar-refractivity contribution in [2.45, 2.75) is 72.0 Å². The van der Waals surface area contributed by atoms with Gasteiger partial charge in [-0.25, -0.2) is 0 Å². The molecule has 0 aromatic rings. The van der Waals surface area contributed by atoms with Crippen LogP contribution < -0.4 is 0 Å². The number of hydrogen-bond donors (Lipinski definition) is 0. The molecule has 0 N–H and O–H groups in total. The van der Waals surface area contributed by atoms with Crippen molar-refractivity contribution >= 4 is 8.32 Å². The molecule has 18 heavy (non-hydrogen) atoms. The Morgan fingerprint density at radius 3 is 1.83 bits per heavy atom. The first kappa shape index (κ1) is 17.6. The van der Waals surface area contributed by atoms with Crippen LogP contribution in [0.5, 0.6) is 0 Å². The van der Waals surface area contributed by atoms with Crippen molar-refractivity contribution in [3.05, 3.63) is 11.5 Å². The summed E-state index contributed by atoms with van der Waals surface area (Å²) < 4.78 is 6.34. The van der Waals surface area contributed by atoms with Crippen LogP contribution in [0.1, 0.15) is 52.4 Å². The summed E-state index contributed by atoms with van der Waals surface area (Å²) in [6.07, 6.45) is 7.19. The molecular formula is C15H33NOSi. The molecular weight excluding hydrogens is 238 g/mol. The molecule has 0 aromatic carbocycles. The summed E-state index contributed by atoms with van der Waals surface area (Å²) in [5.41, 5.74) is 1.41. The van der Waals surface area contributed by atoms with Gasteiger partial charge in [0.1, 0.15) is 0 Å². The van der Waals surface area contributed by atoms with Gasteiger partial charge < -0.3 is 9.33 Å². The molecule has 0 bridgehead atoms. The van der Waals surface area contributed by atoms with Crippen LogP contribution in [0, 0.1) is 0 Å². The van der Waals surface area contributed by atoms with E-state index in [1.165, 1.54) is 37.1 Å². The third kappa shape index (κ3) is 7.80. The summed E-state index contributed by atoms with van der Waals surface area (Å²) in [6, 6.07) is 0. The Kier molecular flexibility index (Phi) is 8.41. The third-order valence-corrected chi connectivity index (χ3v) is 3.67. The molecule has 3 heteroatoms. The molecule has 0 saturated heterocycles. The van der Waals surface area contributed by atoms with E-state index >= 15 is 0 Å². The molecule has 0 fully saturated rings.